The van der Waals surface area contributed by atoms with Crippen molar-refractivity contribution in [2.75, 3.05) is 31.1 Å². The molecule has 2 aliphatic heterocycles. The number of amides is 1. The predicted octanol–water partition coefficient (Wildman–Crippen LogP) is 2.72. The first kappa shape index (κ1) is 16.8. The van der Waals surface area contributed by atoms with Crippen LogP contribution in [0.3, 0.4) is 0 Å². The fourth-order valence-corrected chi connectivity index (χ4v) is 4.76. The zero-order valence-corrected chi connectivity index (χ0v) is 15.4. The molecule has 4 rings (SSSR count). The lowest BCUT2D eigenvalue weighted by atomic mass is 10.1. The second-order valence-corrected chi connectivity index (χ2v) is 8.49. The fourth-order valence-electron chi connectivity index (χ4n) is 3.54. The van der Waals surface area contributed by atoms with Crippen LogP contribution in [0.25, 0.3) is 6.08 Å². The maximum Gasteiger partial charge on any atom is 0.254 e. The summed E-state index contributed by atoms with van der Waals surface area (Å²) in [4.78, 5) is 17.3. The van der Waals surface area contributed by atoms with E-state index in [2.05, 4.69) is 30.0 Å². The molecule has 1 amide bonds. The monoisotopic (exact) mass is 368 g/mol. The van der Waals surface area contributed by atoms with Gasteiger partial charge >= 0.3 is 0 Å². The Morgan fingerprint density at radius 3 is 2.46 bits per heavy atom. The molecule has 5 nitrogen and oxygen atoms in total. The van der Waals surface area contributed by atoms with Crippen molar-refractivity contribution in [2.45, 2.75) is 11.8 Å². The third kappa shape index (κ3) is 2.90. The van der Waals surface area contributed by atoms with E-state index in [0.29, 0.717) is 24.2 Å². The molecular formula is C20H20N2O3S. The number of benzene rings is 2. The number of rotatable bonds is 2. The summed E-state index contributed by atoms with van der Waals surface area (Å²) < 4.78 is 24.0. The van der Waals surface area contributed by atoms with E-state index >= 15 is 0 Å². The Balaban J connectivity index is 1.52. The minimum absolute atomic E-state index is 0.104. The van der Waals surface area contributed by atoms with Gasteiger partial charge in [0.1, 0.15) is 0 Å². The van der Waals surface area contributed by atoms with Crippen LogP contribution < -0.4 is 4.90 Å². The number of anilines is 1. The van der Waals surface area contributed by atoms with Crippen LogP contribution in [0.1, 0.15) is 21.5 Å². The average Bonchev–Trinajstić information content (AvgIpc) is 2.96. The number of piperazine rings is 1. The lowest BCUT2D eigenvalue weighted by Crippen LogP contribution is -2.49. The lowest BCUT2D eigenvalue weighted by molar-refractivity contribution is 0.0746. The summed E-state index contributed by atoms with van der Waals surface area (Å²) in [5.74, 6) is -0.104. The molecule has 0 unspecified atom stereocenters. The molecule has 0 N–H and O–H groups in total. The Kier molecular flexibility index (Phi) is 4.07. The van der Waals surface area contributed by atoms with E-state index in [9.17, 15) is 13.2 Å². The van der Waals surface area contributed by atoms with Crippen molar-refractivity contribution in [1.82, 2.24) is 4.90 Å². The second kappa shape index (κ2) is 6.29. The number of nitrogens with zero attached hydrogens (tertiary/aromatic N) is 2. The third-order valence-electron chi connectivity index (χ3n) is 4.95. The SMILES string of the molecule is Cc1cccc(N2CCN(C(=O)c3cccc4c3C=CS4(=O)=O)CC2)c1. The summed E-state index contributed by atoms with van der Waals surface area (Å²) >= 11 is 0. The minimum atomic E-state index is -3.40. The average molecular weight is 368 g/mol. The van der Waals surface area contributed by atoms with Crippen LogP contribution in [0.5, 0.6) is 0 Å². The number of hydrogen-bond donors (Lipinski definition) is 0. The van der Waals surface area contributed by atoms with Gasteiger partial charge < -0.3 is 9.80 Å². The molecule has 2 aliphatic rings. The zero-order chi connectivity index (χ0) is 18.3. The lowest BCUT2D eigenvalue weighted by Gasteiger charge is -2.36. The first-order valence-electron chi connectivity index (χ1n) is 8.63. The standard InChI is InChI=1S/C20H20N2O3S/c1-15-4-2-5-16(14-15)21-9-11-22(12-10-21)20(23)18-6-3-7-19-17(18)8-13-26(19,24)25/h2-8,13-14H,9-12H2,1H3. The quantitative estimate of drug-likeness (QED) is 0.818. The molecule has 2 heterocycles. The van der Waals surface area contributed by atoms with Crippen molar-refractivity contribution in [3.63, 3.8) is 0 Å². The van der Waals surface area contributed by atoms with Gasteiger partial charge in [0.15, 0.2) is 9.84 Å². The van der Waals surface area contributed by atoms with E-state index in [4.69, 9.17) is 0 Å². The van der Waals surface area contributed by atoms with Gasteiger partial charge in [-0.3, -0.25) is 4.79 Å². The highest BCUT2D eigenvalue weighted by Gasteiger charge is 2.28. The Labute approximate surface area is 153 Å². The van der Waals surface area contributed by atoms with Crippen LogP contribution in [0.15, 0.2) is 52.8 Å². The smallest absolute Gasteiger partial charge is 0.254 e. The van der Waals surface area contributed by atoms with E-state index in [1.165, 1.54) is 22.7 Å². The second-order valence-electron chi connectivity index (χ2n) is 6.68. The van der Waals surface area contributed by atoms with Gasteiger partial charge in [0.25, 0.3) is 5.91 Å². The van der Waals surface area contributed by atoms with E-state index in [1.807, 2.05) is 6.07 Å². The maximum atomic E-state index is 12.9. The summed E-state index contributed by atoms with van der Waals surface area (Å²) in [6.07, 6.45) is 1.53. The van der Waals surface area contributed by atoms with Gasteiger partial charge in [-0.15, -0.1) is 0 Å². The molecule has 0 saturated carbocycles. The highest BCUT2D eigenvalue weighted by atomic mass is 32.2. The summed E-state index contributed by atoms with van der Waals surface area (Å²) in [5.41, 5.74) is 3.36. The van der Waals surface area contributed by atoms with Crippen molar-refractivity contribution < 1.29 is 13.2 Å². The van der Waals surface area contributed by atoms with Gasteiger partial charge in [-0.2, -0.15) is 0 Å². The third-order valence-corrected chi connectivity index (χ3v) is 6.41. The van der Waals surface area contributed by atoms with E-state index < -0.39 is 9.84 Å². The normalized spacial score (nSPS) is 18.0. The molecule has 2 aromatic carbocycles. The molecule has 134 valence electrons. The molecule has 0 aromatic heterocycles. The van der Waals surface area contributed by atoms with E-state index in [1.54, 1.807) is 23.1 Å². The molecule has 1 saturated heterocycles. The number of carbonyl (C=O) groups excluding carboxylic acids is 1. The highest BCUT2D eigenvalue weighted by Crippen LogP contribution is 2.30. The molecule has 0 aliphatic carbocycles. The first-order chi connectivity index (χ1) is 12.5. The van der Waals surface area contributed by atoms with Crippen LogP contribution in [-0.4, -0.2) is 45.4 Å². The Bertz CT molecular complexity index is 1000. The topological polar surface area (TPSA) is 57.7 Å². The fraction of sp³-hybridized carbons (Fsp3) is 0.250. The van der Waals surface area contributed by atoms with Crippen LogP contribution in [-0.2, 0) is 9.84 Å². The van der Waals surface area contributed by atoms with Crippen molar-refractivity contribution in [3.05, 3.63) is 64.6 Å². The van der Waals surface area contributed by atoms with Gasteiger partial charge in [0.2, 0.25) is 0 Å². The number of carbonyl (C=O) groups is 1. The number of fused-ring (bicyclic) bond motifs is 1. The van der Waals surface area contributed by atoms with Gasteiger partial charge in [0.05, 0.1) is 4.90 Å². The summed E-state index contributed by atoms with van der Waals surface area (Å²) in [7, 11) is -3.40. The molecule has 0 bridgehead atoms. The first-order valence-corrected chi connectivity index (χ1v) is 10.2. The molecular weight excluding hydrogens is 348 g/mol. The molecule has 0 radical (unpaired) electrons. The Morgan fingerprint density at radius 2 is 1.73 bits per heavy atom. The molecule has 26 heavy (non-hydrogen) atoms. The van der Waals surface area contributed by atoms with Gasteiger partial charge in [-0.05, 0) is 42.8 Å². The highest BCUT2D eigenvalue weighted by molar-refractivity contribution is 7.94. The molecule has 6 heteroatoms. The van der Waals surface area contributed by atoms with Crippen LogP contribution in [0.4, 0.5) is 5.69 Å². The molecule has 2 aromatic rings. The van der Waals surface area contributed by atoms with Crippen LogP contribution >= 0.6 is 0 Å². The maximum absolute atomic E-state index is 12.9. The van der Waals surface area contributed by atoms with Crippen LogP contribution in [0, 0.1) is 6.92 Å². The van der Waals surface area contributed by atoms with Crippen molar-refractivity contribution in [2.24, 2.45) is 0 Å². The number of aryl methyl sites for hydroxylation is 1. The van der Waals surface area contributed by atoms with Crippen molar-refractivity contribution >= 4 is 27.5 Å². The van der Waals surface area contributed by atoms with Gasteiger partial charge in [-0.25, -0.2) is 8.42 Å². The van der Waals surface area contributed by atoms with Crippen molar-refractivity contribution in [3.8, 4) is 0 Å². The Hall–Kier alpha value is -2.60. The van der Waals surface area contributed by atoms with Gasteiger partial charge in [-0.1, -0.05) is 18.2 Å². The largest absolute Gasteiger partial charge is 0.368 e. The molecule has 1 fully saturated rings. The predicted molar refractivity (Wildman–Crippen MR) is 102 cm³/mol. The summed E-state index contributed by atoms with van der Waals surface area (Å²) in [6.45, 7) is 4.83. The summed E-state index contributed by atoms with van der Waals surface area (Å²) in [6, 6.07) is 13.3. The number of hydrogen-bond acceptors (Lipinski definition) is 4. The van der Waals surface area contributed by atoms with E-state index in [-0.39, 0.29) is 10.8 Å². The molecule has 0 spiro atoms. The Morgan fingerprint density at radius 1 is 1.00 bits per heavy atom. The van der Waals surface area contributed by atoms with Crippen LogP contribution in [0.2, 0.25) is 0 Å². The molecule has 0 atom stereocenters. The minimum Gasteiger partial charge on any atom is -0.368 e. The summed E-state index contributed by atoms with van der Waals surface area (Å²) in [5, 5.41) is 1.17. The van der Waals surface area contributed by atoms with Crippen molar-refractivity contribution in [1.29, 1.82) is 0 Å². The number of sulfone groups is 1. The zero-order valence-electron chi connectivity index (χ0n) is 14.6. The van der Waals surface area contributed by atoms with E-state index in [0.717, 1.165) is 13.1 Å². The van der Waals surface area contributed by atoms with Gasteiger partial charge in [0, 0.05) is 48.4 Å².